The van der Waals surface area contributed by atoms with Crippen LogP contribution in [0.5, 0.6) is 0 Å². The van der Waals surface area contributed by atoms with Crippen molar-refractivity contribution in [1.82, 2.24) is 0 Å². The lowest BCUT2D eigenvalue weighted by atomic mass is 9.80. The van der Waals surface area contributed by atoms with Gasteiger partial charge in [-0.05, 0) is 40.2 Å². The molecule has 2 unspecified atom stereocenters. The maximum Gasteiger partial charge on any atom is 0.0866 e. The van der Waals surface area contributed by atoms with E-state index in [1.807, 2.05) is 38.1 Å². The molecule has 100 valence electrons. The maximum absolute atomic E-state index is 10.6. The Labute approximate surface area is 109 Å². The summed E-state index contributed by atoms with van der Waals surface area (Å²) in [5, 5.41) is 10.6. The summed E-state index contributed by atoms with van der Waals surface area (Å²) in [6.45, 7) is 8.20. The van der Waals surface area contributed by atoms with Crippen LogP contribution >= 0.6 is 0 Å². The maximum atomic E-state index is 10.6. The number of nitrogens with two attached hydrogens (primary N) is 1. The van der Waals surface area contributed by atoms with Crippen molar-refractivity contribution < 1.29 is 9.84 Å². The van der Waals surface area contributed by atoms with Gasteiger partial charge in [-0.2, -0.15) is 0 Å². The van der Waals surface area contributed by atoms with Crippen molar-refractivity contribution in [2.75, 3.05) is 5.73 Å². The van der Waals surface area contributed by atoms with Crippen LogP contribution in [0.2, 0.25) is 0 Å². The monoisotopic (exact) mass is 249 g/mol. The summed E-state index contributed by atoms with van der Waals surface area (Å²) in [6, 6.07) is 7.50. The molecule has 1 aliphatic heterocycles. The van der Waals surface area contributed by atoms with Crippen molar-refractivity contribution in [1.29, 1.82) is 0 Å². The number of aliphatic hydroxyl groups is 1. The number of ether oxygens (including phenoxy) is 1. The number of anilines is 1. The second-order valence-corrected chi connectivity index (χ2v) is 6.35. The summed E-state index contributed by atoms with van der Waals surface area (Å²) in [6.07, 6.45) is 0.248. The first-order chi connectivity index (χ1) is 8.23. The Kier molecular flexibility index (Phi) is 3.16. The van der Waals surface area contributed by atoms with E-state index in [0.29, 0.717) is 5.69 Å². The number of aliphatic hydroxyl groups excluding tert-OH is 1. The lowest BCUT2D eigenvalue weighted by molar-refractivity contribution is -0.0879. The van der Waals surface area contributed by atoms with E-state index in [9.17, 15) is 5.11 Å². The molecule has 2 rings (SSSR count). The first-order valence-electron chi connectivity index (χ1n) is 6.45. The second kappa shape index (κ2) is 4.25. The molecule has 0 amide bonds. The predicted molar refractivity (Wildman–Crippen MR) is 73.2 cm³/mol. The zero-order valence-electron chi connectivity index (χ0n) is 11.6. The molecule has 1 fully saturated rings. The molecule has 3 heteroatoms. The van der Waals surface area contributed by atoms with E-state index in [2.05, 4.69) is 13.8 Å². The molecule has 1 aliphatic rings. The minimum Gasteiger partial charge on any atom is -0.398 e. The fourth-order valence-electron chi connectivity index (χ4n) is 3.09. The van der Waals surface area contributed by atoms with Gasteiger partial charge in [-0.15, -0.1) is 0 Å². The lowest BCUT2D eigenvalue weighted by Gasteiger charge is -2.30. The molecule has 3 N–H and O–H groups in total. The molecule has 0 aliphatic carbocycles. The fourth-order valence-corrected chi connectivity index (χ4v) is 3.09. The van der Waals surface area contributed by atoms with Gasteiger partial charge in [0.1, 0.15) is 0 Å². The van der Waals surface area contributed by atoms with E-state index in [1.54, 1.807) is 0 Å². The van der Waals surface area contributed by atoms with Crippen LogP contribution in [0.3, 0.4) is 0 Å². The number of rotatable bonds is 2. The molecule has 0 saturated carbocycles. The SMILES string of the molecule is CC1(C)CC(C(O)c2ccccc2N)C(C)(C)O1. The molecule has 0 aromatic heterocycles. The smallest absolute Gasteiger partial charge is 0.0866 e. The fraction of sp³-hybridized carbons (Fsp3) is 0.600. The average Bonchev–Trinajstić information content (AvgIpc) is 2.46. The molecular formula is C15H23NO2. The molecule has 2 atom stereocenters. The van der Waals surface area contributed by atoms with Crippen molar-refractivity contribution in [3.8, 4) is 0 Å². The normalized spacial score (nSPS) is 27.1. The zero-order chi connectivity index (χ0) is 13.6. The van der Waals surface area contributed by atoms with E-state index in [4.69, 9.17) is 10.5 Å². The van der Waals surface area contributed by atoms with Gasteiger partial charge in [0, 0.05) is 17.2 Å². The Morgan fingerprint density at radius 2 is 1.89 bits per heavy atom. The molecule has 1 aromatic carbocycles. The summed E-state index contributed by atoms with van der Waals surface area (Å²) < 4.78 is 6.03. The van der Waals surface area contributed by atoms with E-state index >= 15 is 0 Å². The van der Waals surface area contributed by atoms with Crippen LogP contribution < -0.4 is 5.73 Å². The Balaban J connectivity index is 2.30. The molecule has 3 nitrogen and oxygen atoms in total. The van der Waals surface area contributed by atoms with Gasteiger partial charge in [-0.1, -0.05) is 18.2 Å². The summed E-state index contributed by atoms with van der Waals surface area (Å²) in [5.41, 5.74) is 6.85. The van der Waals surface area contributed by atoms with E-state index in [-0.39, 0.29) is 17.1 Å². The van der Waals surface area contributed by atoms with Gasteiger partial charge in [0.05, 0.1) is 17.3 Å². The van der Waals surface area contributed by atoms with Crippen LogP contribution in [-0.4, -0.2) is 16.3 Å². The summed E-state index contributed by atoms with van der Waals surface area (Å²) in [7, 11) is 0. The minimum absolute atomic E-state index is 0.0530. The molecular weight excluding hydrogens is 226 g/mol. The number of nitrogen functional groups attached to an aromatic ring is 1. The molecule has 0 radical (unpaired) electrons. The predicted octanol–water partition coefficient (Wildman–Crippen LogP) is 2.90. The van der Waals surface area contributed by atoms with Crippen molar-refractivity contribution >= 4 is 5.69 Å². The lowest BCUT2D eigenvalue weighted by Crippen LogP contribution is -2.32. The number of para-hydroxylation sites is 1. The molecule has 0 spiro atoms. The highest BCUT2D eigenvalue weighted by Crippen LogP contribution is 2.48. The Hall–Kier alpha value is -1.06. The van der Waals surface area contributed by atoms with Crippen LogP contribution in [0.1, 0.15) is 45.8 Å². The van der Waals surface area contributed by atoms with Gasteiger partial charge >= 0.3 is 0 Å². The third-order valence-electron chi connectivity index (χ3n) is 3.84. The van der Waals surface area contributed by atoms with E-state index in [1.165, 1.54) is 0 Å². The Bertz CT molecular complexity index is 440. The molecule has 1 heterocycles. The van der Waals surface area contributed by atoms with Gasteiger partial charge in [-0.3, -0.25) is 0 Å². The average molecular weight is 249 g/mol. The summed E-state index contributed by atoms with van der Waals surface area (Å²) in [4.78, 5) is 0. The first-order valence-corrected chi connectivity index (χ1v) is 6.45. The van der Waals surface area contributed by atoms with Crippen molar-refractivity contribution in [3.63, 3.8) is 0 Å². The molecule has 18 heavy (non-hydrogen) atoms. The van der Waals surface area contributed by atoms with Crippen LogP contribution in [-0.2, 0) is 4.74 Å². The molecule has 1 saturated heterocycles. The molecule has 0 bridgehead atoms. The number of hydrogen-bond donors (Lipinski definition) is 2. The third-order valence-corrected chi connectivity index (χ3v) is 3.84. The van der Waals surface area contributed by atoms with Crippen molar-refractivity contribution in [3.05, 3.63) is 29.8 Å². The van der Waals surface area contributed by atoms with Crippen LogP contribution in [0.25, 0.3) is 0 Å². The van der Waals surface area contributed by atoms with Gasteiger partial charge in [-0.25, -0.2) is 0 Å². The van der Waals surface area contributed by atoms with E-state index in [0.717, 1.165) is 12.0 Å². The highest BCUT2D eigenvalue weighted by molar-refractivity contribution is 5.48. The van der Waals surface area contributed by atoms with Gasteiger partial charge in [0.25, 0.3) is 0 Å². The zero-order valence-corrected chi connectivity index (χ0v) is 11.6. The first kappa shape index (κ1) is 13.4. The van der Waals surface area contributed by atoms with Crippen molar-refractivity contribution in [2.24, 2.45) is 5.92 Å². The van der Waals surface area contributed by atoms with Gasteiger partial charge in [0.2, 0.25) is 0 Å². The topological polar surface area (TPSA) is 55.5 Å². The molecule has 1 aromatic rings. The standard InChI is InChI=1S/C15H23NO2/c1-14(2)9-11(15(3,4)18-14)13(17)10-7-5-6-8-12(10)16/h5-8,11,13,17H,9,16H2,1-4H3. The number of benzene rings is 1. The second-order valence-electron chi connectivity index (χ2n) is 6.35. The van der Waals surface area contributed by atoms with Crippen LogP contribution in [0.15, 0.2) is 24.3 Å². The van der Waals surface area contributed by atoms with Crippen LogP contribution in [0, 0.1) is 5.92 Å². The van der Waals surface area contributed by atoms with Crippen LogP contribution in [0.4, 0.5) is 5.69 Å². The Morgan fingerprint density at radius 1 is 1.28 bits per heavy atom. The summed E-state index contributed by atoms with van der Waals surface area (Å²) in [5.74, 6) is 0.0530. The largest absolute Gasteiger partial charge is 0.398 e. The quantitative estimate of drug-likeness (QED) is 0.792. The highest BCUT2D eigenvalue weighted by atomic mass is 16.5. The summed E-state index contributed by atoms with van der Waals surface area (Å²) >= 11 is 0. The van der Waals surface area contributed by atoms with Gasteiger partial charge < -0.3 is 15.6 Å². The number of hydrogen-bond acceptors (Lipinski definition) is 3. The highest BCUT2D eigenvalue weighted by Gasteiger charge is 2.49. The Morgan fingerprint density at radius 3 is 2.39 bits per heavy atom. The third kappa shape index (κ3) is 2.38. The van der Waals surface area contributed by atoms with Crippen molar-refractivity contribution in [2.45, 2.75) is 51.4 Å². The van der Waals surface area contributed by atoms with Gasteiger partial charge in [0.15, 0.2) is 0 Å². The minimum atomic E-state index is -0.581. The van der Waals surface area contributed by atoms with E-state index < -0.39 is 6.10 Å².